The monoisotopic (exact) mass is 890 g/mol. The summed E-state index contributed by atoms with van der Waals surface area (Å²) in [4.78, 5) is 0. The minimum atomic E-state index is -1.77. The van der Waals surface area contributed by atoms with Gasteiger partial charge in [0.15, 0.2) is 0 Å². The number of halogens is 2. The summed E-state index contributed by atoms with van der Waals surface area (Å²) in [6.07, 6.45) is 2.03. The minimum absolute atomic E-state index is 0.877. The summed E-state index contributed by atoms with van der Waals surface area (Å²) in [6, 6.07) is 85.5. The second-order valence-electron chi connectivity index (χ2n) is 12.6. The average molecular weight is 891 g/mol. The fourth-order valence-corrected chi connectivity index (χ4v) is 12.5. The molecule has 0 saturated heterocycles. The molecular weight excluding hydrogens is 846 g/mol. The topological polar surface area (TPSA) is 0 Å². The molecule has 0 amide bonds. The molecule has 0 aliphatic rings. The normalized spacial score (nSPS) is 10.6. The van der Waals surface area contributed by atoms with Gasteiger partial charge in [0.05, 0.1) is 15.8 Å². The largest absolute Gasteiger partial charge is 0.102 e. The molecule has 0 spiro atoms. The van der Waals surface area contributed by atoms with Gasteiger partial charge >= 0.3 is 121 Å². The molecule has 0 fully saturated rings. The fourth-order valence-electron chi connectivity index (χ4n) is 6.33. The van der Waals surface area contributed by atoms with Crippen molar-refractivity contribution in [3.8, 4) is 0 Å². The van der Waals surface area contributed by atoms with E-state index in [4.69, 9.17) is 19.4 Å². The van der Waals surface area contributed by atoms with Gasteiger partial charge in [-0.15, -0.1) is 0 Å². The van der Waals surface area contributed by atoms with Crippen molar-refractivity contribution in [1.29, 1.82) is 0 Å². The summed E-state index contributed by atoms with van der Waals surface area (Å²) in [6.45, 7) is 0. The zero-order valence-corrected chi connectivity index (χ0v) is 36.1. The zero-order chi connectivity index (χ0) is 38.6. The zero-order valence-electron chi connectivity index (χ0n) is 30.9. The minimum Gasteiger partial charge on any atom is -0.0620 e. The molecule has 0 aromatic heterocycles. The molecule has 0 heterocycles. The molecule has 56 heavy (non-hydrogen) atoms. The first-order valence-corrected chi connectivity index (χ1v) is 26.9. The van der Waals surface area contributed by atoms with Crippen molar-refractivity contribution in [2.45, 2.75) is 0 Å². The molecule has 0 nitrogen and oxygen atoms in total. The molecule has 0 aliphatic heterocycles. The third-order valence-electron chi connectivity index (χ3n) is 8.86. The Morgan fingerprint density at radius 3 is 0.696 bits per heavy atom. The standard InChI is InChI=1S/2C18H15P.C15H12.2ClH.Ru/c2*1-4-10-16(11-5-1)19(17-12-6-2-7-13-17)18-14-8-3-9-15-18;1-2-15(13-9-5-3-6-10-13)14-11-7-4-8-12-14;;;/h2*1-15H;1-12H;2*1H;/q;;;;;+2. The predicted octanol–water partition coefficient (Wildman–Crippen LogP) is 11.2. The summed E-state index contributed by atoms with van der Waals surface area (Å²) < 4.78 is 1.92. The van der Waals surface area contributed by atoms with Gasteiger partial charge in [-0.05, 0) is 72.8 Å². The molecule has 0 bridgehead atoms. The first-order valence-electron chi connectivity index (χ1n) is 18.4. The van der Waals surface area contributed by atoms with Gasteiger partial charge in [0.25, 0.3) is 0 Å². The second kappa shape index (κ2) is 22.9. The van der Waals surface area contributed by atoms with Crippen LogP contribution in [0.3, 0.4) is 0 Å². The maximum atomic E-state index is 5.91. The third-order valence-corrected chi connectivity index (χ3v) is 16.1. The summed E-state index contributed by atoms with van der Waals surface area (Å²) in [5, 5.41) is 8.61. The Labute approximate surface area is 348 Å². The van der Waals surface area contributed by atoms with Crippen LogP contribution < -0.4 is 31.8 Å². The van der Waals surface area contributed by atoms with Crippen LogP contribution in [-0.4, -0.2) is 4.61 Å². The van der Waals surface area contributed by atoms with Gasteiger partial charge in [-0.2, -0.15) is 0 Å². The third kappa shape index (κ3) is 12.5. The first-order chi connectivity index (χ1) is 27.7. The van der Waals surface area contributed by atoms with Gasteiger partial charge in [-0.3, -0.25) is 0 Å². The van der Waals surface area contributed by atoms with Crippen molar-refractivity contribution in [2.24, 2.45) is 0 Å². The van der Waals surface area contributed by atoms with E-state index >= 15 is 0 Å². The molecule has 0 aliphatic carbocycles. The van der Waals surface area contributed by atoms with E-state index in [1.54, 1.807) is 0 Å². The van der Waals surface area contributed by atoms with Gasteiger partial charge < -0.3 is 0 Å². The van der Waals surface area contributed by atoms with E-state index in [9.17, 15) is 0 Å². The van der Waals surface area contributed by atoms with Crippen molar-refractivity contribution in [3.63, 3.8) is 0 Å². The quantitative estimate of drug-likeness (QED) is 0.100. The molecule has 0 saturated carbocycles. The predicted molar refractivity (Wildman–Crippen MR) is 251 cm³/mol. The molecule has 5 heteroatoms. The van der Waals surface area contributed by atoms with E-state index in [1.165, 1.54) is 43.0 Å². The maximum absolute atomic E-state index is 5.91. The summed E-state index contributed by atoms with van der Waals surface area (Å²) in [5.74, 6) is 0. The van der Waals surface area contributed by atoms with Gasteiger partial charge in [-0.25, -0.2) is 0 Å². The Balaban J connectivity index is 0.000000142. The van der Waals surface area contributed by atoms with Gasteiger partial charge in [0, 0.05) is 0 Å². The van der Waals surface area contributed by atoms with Crippen LogP contribution in [0.2, 0.25) is 0 Å². The Hall–Kier alpha value is -4.57. The fraction of sp³-hybridized carbons (Fsp3) is 0. The van der Waals surface area contributed by atoms with Crippen molar-refractivity contribution < 1.29 is 13.5 Å². The van der Waals surface area contributed by atoms with Crippen LogP contribution in [0.1, 0.15) is 11.1 Å². The van der Waals surface area contributed by atoms with Crippen LogP contribution in [-0.2, 0) is 13.5 Å². The molecular formula is C51H44Cl2P2Ru+2. The Kier molecular flexibility index (Phi) is 16.8. The van der Waals surface area contributed by atoms with Crippen LogP contribution in [0.5, 0.6) is 0 Å². The number of rotatable bonds is 9. The van der Waals surface area contributed by atoms with E-state index in [0.29, 0.717) is 0 Å². The van der Waals surface area contributed by atoms with E-state index in [0.717, 1.165) is 5.57 Å². The molecule has 0 N–H and O–H groups in total. The van der Waals surface area contributed by atoms with E-state index in [1.807, 2.05) is 47.1 Å². The summed E-state index contributed by atoms with van der Waals surface area (Å²) in [7, 11) is 10.1. The molecule has 8 rings (SSSR count). The van der Waals surface area contributed by atoms with Crippen molar-refractivity contribution >= 4 is 77.2 Å². The van der Waals surface area contributed by atoms with Crippen LogP contribution in [0.25, 0.3) is 5.57 Å². The van der Waals surface area contributed by atoms with Gasteiger partial charge in [0.1, 0.15) is 31.8 Å². The molecule has 8 aromatic carbocycles. The number of allylic oxidation sites excluding steroid dienone is 1. The second-order valence-corrected chi connectivity index (χ2v) is 23.3. The molecule has 8 aromatic rings. The van der Waals surface area contributed by atoms with Gasteiger partial charge in [0.2, 0.25) is 0 Å². The first kappa shape index (κ1) is 41.1. The van der Waals surface area contributed by atoms with Crippen molar-refractivity contribution in [2.75, 3.05) is 0 Å². The SMILES string of the molecule is [Cl][Ru]([Cl])=[CH]C=C(c1ccccc1)c1ccccc1.c1ccc([PH+](c2ccccc2)c2ccccc2)cc1.c1ccc([PH+](c2ccccc2)c2ccccc2)cc1. The summed E-state index contributed by atoms with van der Waals surface area (Å²) >= 11 is -1.77. The van der Waals surface area contributed by atoms with Crippen LogP contribution in [0.15, 0.2) is 249 Å². The van der Waals surface area contributed by atoms with Crippen LogP contribution >= 0.6 is 35.2 Å². The van der Waals surface area contributed by atoms with Crippen LogP contribution in [0.4, 0.5) is 0 Å². The van der Waals surface area contributed by atoms with E-state index in [-0.39, 0.29) is 0 Å². The van der Waals surface area contributed by atoms with E-state index < -0.39 is 29.4 Å². The Bertz CT molecular complexity index is 1990. The molecule has 0 unspecified atom stereocenters. The molecule has 0 atom stereocenters. The summed E-state index contributed by atoms with van der Waals surface area (Å²) in [5.41, 5.74) is 3.49. The number of hydrogen-bond acceptors (Lipinski definition) is 0. The van der Waals surface area contributed by atoms with Crippen molar-refractivity contribution in [3.05, 3.63) is 260 Å². The van der Waals surface area contributed by atoms with Crippen LogP contribution in [0, 0.1) is 0 Å². The Morgan fingerprint density at radius 2 is 0.500 bits per heavy atom. The van der Waals surface area contributed by atoms with Crippen molar-refractivity contribution in [1.82, 2.24) is 0 Å². The van der Waals surface area contributed by atoms with E-state index in [2.05, 4.69) is 206 Å². The number of benzene rings is 8. The maximum Gasteiger partial charge on any atom is 0.102 e. The smallest absolute Gasteiger partial charge is 0.0620 e. The Morgan fingerprint density at radius 1 is 0.304 bits per heavy atom. The molecule has 0 radical (unpaired) electrons. The number of hydrogen-bond donors (Lipinski definition) is 0. The molecule has 278 valence electrons. The van der Waals surface area contributed by atoms with Gasteiger partial charge in [-0.1, -0.05) is 109 Å². The average Bonchev–Trinajstić information content (AvgIpc) is 3.27.